The van der Waals surface area contributed by atoms with E-state index < -0.39 is 0 Å². The molecular formula is C15H35NO3Si. The van der Waals surface area contributed by atoms with E-state index in [9.17, 15) is 0 Å². The molecule has 0 radical (unpaired) electrons. The molecule has 0 aliphatic rings. The maximum atomic E-state index is 5.86. The van der Waals surface area contributed by atoms with Crippen LogP contribution in [0.5, 0.6) is 0 Å². The van der Waals surface area contributed by atoms with E-state index in [1.165, 1.54) is 6.42 Å². The zero-order chi connectivity index (χ0) is 15.6. The van der Waals surface area contributed by atoms with Crippen molar-refractivity contribution in [3.63, 3.8) is 0 Å². The molecule has 0 bridgehead atoms. The van der Waals surface area contributed by atoms with Gasteiger partial charge in [-0.25, -0.2) is 0 Å². The van der Waals surface area contributed by atoms with Crippen molar-refractivity contribution in [2.45, 2.75) is 77.9 Å². The van der Waals surface area contributed by atoms with E-state index in [4.69, 9.17) is 13.9 Å². The smallest absolute Gasteiger partial charge is 0.146 e. The number of methoxy groups -OCH3 is 2. The van der Waals surface area contributed by atoms with Crippen LogP contribution < -0.4 is 0 Å². The number of hydrogen-bond acceptors (Lipinski definition) is 4. The predicted octanol–water partition coefficient (Wildman–Crippen LogP) is 2.30. The lowest BCUT2D eigenvalue weighted by atomic mass is 9.91. The molecule has 5 heteroatoms. The molecule has 122 valence electrons. The highest BCUT2D eigenvalue weighted by molar-refractivity contribution is 5.98. The minimum atomic E-state index is 0.0851. The molecule has 0 aromatic heterocycles. The van der Waals surface area contributed by atoms with Crippen LogP contribution in [0.2, 0.25) is 0 Å². The molecule has 0 aromatic rings. The molecule has 20 heavy (non-hydrogen) atoms. The zero-order valence-corrected chi connectivity index (χ0v) is 16.6. The maximum absolute atomic E-state index is 5.86. The summed E-state index contributed by atoms with van der Waals surface area (Å²) in [6, 6.07) is 0. The number of ether oxygens (including phenoxy) is 2. The van der Waals surface area contributed by atoms with Crippen LogP contribution >= 0.6 is 0 Å². The van der Waals surface area contributed by atoms with Gasteiger partial charge in [0, 0.05) is 20.8 Å². The zero-order valence-electron chi connectivity index (χ0n) is 14.6. The summed E-state index contributed by atoms with van der Waals surface area (Å²) in [6.07, 6.45) is 5.88. The van der Waals surface area contributed by atoms with Crippen LogP contribution in [-0.4, -0.2) is 54.2 Å². The average Bonchev–Trinajstić information content (AvgIpc) is 2.50. The van der Waals surface area contributed by atoms with Gasteiger partial charge in [0.1, 0.15) is 22.9 Å². The summed E-state index contributed by atoms with van der Waals surface area (Å²) in [5.41, 5.74) is 0.122. The first-order valence-corrected chi connectivity index (χ1v) is 8.68. The number of hydrogen-bond donors (Lipinski definition) is 0. The fraction of sp³-hybridized carbons (Fsp3) is 1.00. The van der Waals surface area contributed by atoms with Crippen LogP contribution in [0.1, 0.15) is 59.8 Å². The summed E-state index contributed by atoms with van der Waals surface area (Å²) < 4.78 is 16.7. The van der Waals surface area contributed by atoms with E-state index in [-0.39, 0.29) is 18.1 Å². The Morgan fingerprint density at radius 2 is 1.50 bits per heavy atom. The number of unbranched alkanes of at least 4 members (excludes halogenated alkanes) is 1. The fourth-order valence-corrected chi connectivity index (χ4v) is 3.45. The number of nitrogens with zero attached hydrogens (tertiary/aromatic N) is 1. The molecule has 0 rings (SSSR count). The molecule has 0 amide bonds. The summed E-state index contributed by atoms with van der Waals surface area (Å²) in [5, 5.41) is 0. The molecule has 2 atom stereocenters. The second kappa shape index (κ2) is 10.7. The molecule has 0 saturated heterocycles. The molecule has 0 heterocycles. The van der Waals surface area contributed by atoms with Crippen molar-refractivity contribution in [1.82, 2.24) is 4.90 Å². The van der Waals surface area contributed by atoms with Gasteiger partial charge in [-0.2, -0.15) is 0 Å². The lowest BCUT2D eigenvalue weighted by Gasteiger charge is -2.34. The Morgan fingerprint density at radius 3 is 1.85 bits per heavy atom. The minimum Gasteiger partial charge on any atom is -0.422 e. The number of rotatable bonds is 12. The second-order valence-corrected chi connectivity index (χ2v) is 5.87. The normalized spacial score (nSPS) is 15.8. The van der Waals surface area contributed by atoms with Gasteiger partial charge in [0.2, 0.25) is 0 Å². The average molecular weight is 306 g/mol. The molecule has 2 unspecified atom stereocenters. The molecule has 0 fully saturated rings. The van der Waals surface area contributed by atoms with Gasteiger partial charge in [0.25, 0.3) is 0 Å². The van der Waals surface area contributed by atoms with Crippen LogP contribution in [0.3, 0.4) is 0 Å². The van der Waals surface area contributed by atoms with Crippen molar-refractivity contribution in [3.8, 4) is 0 Å². The highest BCUT2D eigenvalue weighted by Crippen LogP contribution is 2.26. The standard InChI is InChI=1S/C15H35NO3Si/c1-7-15(8-2,19-20)11-9-10-12-16(13(3)17-5)14(4)18-6/h13-14H,7-12H2,1-6,20H3. The van der Waals surface area contributed by atoms with Crippen molar-refractivity contribution in [2.75, 3.05) is 20.8 Å². The van der Waals surface area contributed by atoms with Crippen molar-refractivity contribution in [3.05, 3.63) is 0 Å². The Kier molecular flexibility index (Phi) is 10.8. The van der Waals surface area contributed by atoms with Gasteiger partial charge in [0.05, 0.1) is 5.60 Å². The molecule has 0 saturated carbocycles. The second-order valence-electron chi connectivity index (χ2n) is 5.46. The Labute approximate surface area is 128 Å². The molecule has 0 aliphatic heterocycles. The van der Waals surface area contributed by atoms with E-state index in [1.54, 1.807) is 14.2 Å². The fourth-order valence-electron chi connectivity index (χ4n) is 2.67. The highest BCUT2D eigenvalue weighted by Gasteiger charge is 2.24. The first-order valence-electron chi connectivity index (χ1n) is 7.86. The van der Waals surface area contributed by atoms with E-state index in [2.05, 4.69) is 32.6 Å². The Balaban J connectivity index is 4.24. The van der Waals surface area contributed by atoms with E-state index in [0.717, 1.165) is 42.7 Å². The summed E-state index contributed by atoms with van der Waals surface area (Å²) in [6.45, 7) is 9.59. The summed E-state index contributed by atoms with van der Waals surface area (Å²) >= 11 is 0. The van der Waals surface area contributed by atoms with E-state index in [1.807, 2.05) is 0 Å². The van der Waals surface area contributed by atoms with Crippen LogP contribution in [0.25, 0.3) is 0 Å². The van der Waals surface area contributed by atoms with Crippen LogP contribution in [0.4, 0.5) is 0 Å². The maximum Gasteiger partial charge on any atom is 0.146 e. The van der Waals surface area contributed by atoms with Crippen LogP contribution in [0.15, 0.2) is 0 Å². The molecule has 0 aliphatic carbocycles. The first-order chi connectivity index (χ1) is 9.50. The van der Waals surface area contributed by atoms with Gasteiger partial charge < -0.3 is 13.9 Å². The van der Waals surface area contributed by atoms with Gasteiger partial charge in [-0.15, -0.1) is 0 Å². The van der Waals surface area contributed by atoms with Crippen LogP contribution in [0, 0.1) is 0 Å². The third kappa shape index (κ3) is 6.22. The summed E-state index contributed by atoms with van der Waals surface area (Å²) in [4.78, 5) is 2.25. The highest BCUT2D eigenvalue weighted by atomic mass is 28.2. The monoisotopic (exact) mass is 305 g/mol. The SMILES string of the molecule is CCC(CC)(CCCCN(C(C)OC)C(C)OC)O[SiH3]. The Hall–Kier alpha value is 0.0569. The summed E-state index contributed by atoms with van der Waals surface area (Å²) in [5.74, 6) is 0. The molecule has 0 aromatic carbocycles. The van der Waals surface area contributed by atoms with E-state index >= 15 is 0 Å². The Morgan fingerprint density at radius 1 is 1.00 bits per heavy atom. The third-order valence-corrected chi connectivity index (χ3v) is 5.50. The van der Waals surface area contributed by atoms with Gasteiger partial charge in [-0.05, 0) is 46.0 Å². The lowest BCUT2D eigenvalue weighted by Crippen LogP contribution is -2.43. The predicted molar refractivity (Wildman–Crippen MR) is 87.8 cm³/mol. The quantitative estimate of drug-likeness (QED) is 0.314. The van der Waals surface area contributed by atoms with Gasteiger partial charge >= 0.3 is 0 Å². The first kappa shape index (κ1) is 20.1. The lowest BCUT2D eigenvalue weighted by molar-refractivity contribution is -0.117. The van der Waals surface area contributed by atoms with Crippen molar-refractivity contribution in [1.29, 1.82) is 0 Å². The molecule has 0 N–H and O–H groups in total. The summed E-state index contributed by atoms with van der Waals surface area (Å²) in [7, 11) is 4.31. The molecule has 0 spiro atoms. The van der Waals surface area contributed by atoms with Gasteiger partial charge in [-0.1, -0.05) is 13.8 Å². The third-order valence-electron chi connectivity index (χ3n) is 4.64. The molecular weight excluding hydrogens is 270 g/mol. The topological polar surface area (TPSA) is 30.9 Å². The van der Waals surface area contributed by atoms with Gasteiger partial charge in [0.15, 0.2) is 0 Å². The van der Waals surface area contributed by atoms with Crippen molar-refractivity contribution < 1.29 is 13.9 Å². The Bertz CT molecular complexity index is 219. The molecule has 4 nitrogen and oxygen atoms in total. The van der Waals surface area contributed by atoms with Crippen molar-refractivity contribution >= 4 is 10.5 Å². The largest absolute Gasteiger partial charge is 0.422 e. The minimum absolute atomic E-state index is 0.0851. The van der Waals surface area contributed by atoms with E-state index in [0.29, 0.717) is 0 Å². The van der Waals surface area contributed by atoms with Crippen molar-refractivity contribution in [2.24, 2.45) is 0 Å². The van der Waals surface area contributed by atoms with Crippen LogP contribution in [-0.2, 0) is 13.9 Å². The van der Waals surface area contributed by atoms with Gasteiger partial charge in [-0.3, -0.25) is 4.90 Å².